The summed E-state index contributed by atoms with van der Waals surface area (Å²) in [6.07, 6.45) is 2.72. The summed E-state index contributed by atoms with van der Waals surface area (Å²) in [7, 11) is 0. The number of nitrogens with zero attached hydrogens (tertiary/aromatic N) is 2. The van der Waals surface area contributed by atoms with Gasteiger partial charge in [0.2, 0.25) is 5.91 Å². The van der Waals surface area contributed by atoms with Crippen LogP contribution in [0, 0.1) is 17.4 Å². The summed E-state index contributed by atoms with van der Waals surface area (Å²) in [5.74, 6) is -0.739. The van der Waals surface area contributed by atoms with E-state index in [9.17, 15) is 18.0 Å². The molecule has 0 spiro atoms. The highest BCUT2D eigenvalue weighted by Crippen LogP contribution is 2.44. The number of thiazole rings is 1. The zero-order valence-corrected chi connectivity index (χ0v) is 14.3. The van der Waals surface area contributed by atoms with Crippen molar-refractivity contribution in [1.29, 1.82) is 5.26 Å². The quantitative estimate of drug-likeness (QED) is 0.619. The van der Waals surface area contributed by atoms with Crippen molar-refractivity contribution in [2.75, 3.05) is 5.32 Å². The summed E-state index contributed by atoms with van der Waals surface area (Å²) in [6.45, 7) is 0. The molecule has 0 atom stereocenters. The lowest BCUT2D eigenvalue weighted by atomic mass is 9.80. The molecule has 0 aliphatic heterocycles. The van der Waals surface area contributed by atoms with Crippen molar-refractivity contribution < 1.29 is 18.0 Å². The molecule has 1 heterocycles. The van der Waals surface area contributed by atoms with Crippen LogP contribution in [0.2, 0.25) is 0 Å². The molecule has 0 radical (unpaired) electrons. The van der Waals surface area contributed by atoms with Gasteiger partial charge in [0.25, 0.3) is 0 Å². The second-order valence-electron chi connectivity index (χ2n) is 6.68. The zero-order chi connectivity index (χ0) is 18.0. The molecule has 5 nitrogen and oxygen atoms in total. The molecule has 136 valence electrons. The summed E-state index contributed by atoms with van der Waals surface area (Å²) in [6, 6.07) is -0.0272. The van der Waals surface area contributed by atoms with Gasteiger partial charge in [-0.15, -0.1) is 11.3 Å². The van der Waals surface area contributed by atoms with E-state index in [0.717, 1.165) is 43.4 Å². The van der Waals surface area contributed by atoms with Crippen LogP contribution in [0.5, 0.6) is 0 Å². The molecule has 0 bridgehead atoms. The highest BCUT2D eigenvalue weighted by atomic mass is 32.1. The van der Waals surface area contributed by atoms with Crippen LogP contribution in [0.15, 0.2) is 0 Å². The van der Waals surface area contributed by atoms with Crippen molar-refractivity contribution in [2.45, 2.75) is 63.1 Å². The number of amides is 1. The van der Waals surface area contributed by atoms with Crippen molar-refractivity contribution in [3.8, 4) is 6.19 Å². The van der Waals surface area contributed by atoms with Gasteiger partial charge in [-0.2, -0.15) is 18.4 Å². The van der Waals surface area contributed by atoms with Crippen molar-refractivity contribution in [3.63, 3.8) is 0 Å². The minimum Gasteiger partial charge on any atom is -0.321 e. The number of aromatic nitrogens is 1. The van der Waals surface area contributed by atoms with E-state index >= 15 is 0 Å². The molecule has 2 N–H and O–H groups in total. The number of nitrogens with one attached hydrogen (secondary N) is 2. The first-order chi connectivity index (χ1) is 11.9. The van der Waals surface area contributed by atoms with Crippen LogP contribution < -0.4 is 10.6 Å². The third kappa shape index (κ3) is 4.06. The maximum Gasteiger partial charge on any atom is 0.434 e. The number of rotatable bonds is 4. The molecular weight excluding hydrogens is 353 g/mol. The number of carbonyl (C=O) groups is 1. The van der Waals surface area contributed by atoms with Crippen LogP contribution in [-0.4, -0.2) is 16.9 Å². The lowest BCUT2D eigenvalue weighted by Gasteiger charge is -2.32. The molecule has 0 aromatic carbocycles. The lowest BCUT2D eigenvalue weighted by Crippen LogP contribution is -2.44. The minimum atomic E-state index is -4.51. The van der Waals surface area contributed by atoms with Gasteiger partial charge in [0.1, 0.15) is 0 Å². The Morgan fingerprint density at radius 3 is 2.52 bits per heavy atom. The van der Waals surface area contributed by atoms with Gasteiger partial charge in [-0.25, -0.2) is 4.98 Å². The molecule has 2 saturated carbocycles. The monoisotopic (exact) mass is 372 g/mol. The molecule has 1 amide bonds. The molecule has 0 unspecified atom stereocenters. The Morgan fingerprint density at radius 1 is 1.24 bits per heavy atom. The molecule has 0 saturated heterocycles. The topological polar surface area (TPSA) is 77.8 Å². The first-order valence-corrected chi connectivity index (χ1v) is 9.23. The van der Waals surface area contributed by atoms with E-state index in [1.165, 1.54) is 0 Å². The molecule has 25 heavy (non-hydrogen) atoms. The molecule has 1 aromatic heterocycles. The van der Waals surface area contributed by atoms with Crippen LogP contribution in [0.4, 0.5) is 18.3 Å². The van der Waals surface area contributed by atoms with Gasteiger partial charge >= 0.3 is 6.18 Å². The zero-order valence-electron chi connectivity index (χ0n) is 13.5. The van der Waals surface area contributed by atoms with Crippen LogP contribution in [0.3, 0.4) is 0 Å². The Hall–Kier alpha value is -1.82. The van der Waals surface area contributed by atoms with Crippen LogP contribution in [-0.2, 0) is 11.0 Å². The SMILES string of the molecule is N#CNC1CC(C(=O)Nc2nc(C(F)(F)F)c(C3CCCCC3)s2)C1. The van der Waals surface area contributed by atoms with E-state index in [4.69, 9.17) is 5.26 Å². The van der Waals surface area contributed by atoms with Gasteiger partial charge in [-0.1, -0.05) is 19.3 Å². The minimum absolute atomic E-state index is 0.0228. The number of halogens is 3. The van der Waals surface area contributed by atoms with E-state index in [2.05, 4.69) is 15.6 Å². The van der Waals surface area contributed by atoms with E-state index in [1.807, 2.05) is 6.19 Å². The van der Waals surface area contributed by atoms with Gasteiger partial charge in [-0.3, -0.25) is 4.79 Å². The van der Waals surface area contributed by atoms with Crippen molar-refractivity contribution in [2.24, 2.45) is 5.92 Å². The van der Waals surface area contributed by atoms with Crippen molar-refractivity contribution >= 4 is 22.4 Å². The highest BCUT2D eigenvalue weighted by molar-refractivity contribution is 7.16. The number of nitriles is 1. The first kappa shape index (κ1) is 18.0. The third-order valence-electron chi connectivity index (χ3n) is 4.91. The highest BCUT2D eigenvalue weighted by Gasteiger charge is 2.40. The van der Waals surface area contributed by atoms with Crippen molar-refractivity contribution in [3.05, 3.63) is 10.6 Å². The van der Waals surface area contributed by atoms with Crippen LogP contribution >= 0.6 is 11.3 Å². The predicted molar refractivity (Wildman–Crippen MR) is 86.8 cm³/mol. The number of carbonyl (C=O) groups excluding carboxylic acids is 1. The van der Waals surface area contributed by atoms with Gasteiger partial charge in [-0.05, 0) is 31.6 Å². The Morgan fingerprint density at radius 2 is 1.92 bits per heavy atom. The van der Waals surface area contributed by atoms with Gasteiger partial charge in [0.05, 0.1) is 0 Å². The Labute approximate surface area is 147 Å². The maximum absolute atomic E-state index is 13.3. The average molecular weight is 372 g/mol. The molecule has 2 aliphatic rings. The van der Waals surface area contributed by atoms with Gasteiger partial charge < -0.3 is 10.6 Å². The molecule has 2 aliphatic carbocycles. The number of alkyl halides is 3. The number of hydrogen-bond donors (Lipinski definition) is 2. The van der Waals surface area contributed by atoms with Gasteiger partial charge in [0.15, 0.2) is 17.0 Å². The fraction of sp³-hybridized carbons (Fsp3) is 0.688. The lowest BCUT2D eigenvalue weighted by molar-refractivity contribution is -0.141. The van der Waals surface area contributed by atoms with Gasteiger partial charge in [0, 0.05) is 16.8 Å². The smallest absolute Gasteiger partial charge is 0.321 e. The molecule has 2 fully saturated rings. The first-order valence-electron chi connectivity index (χ1n) is 8.42. The number of hydrogen-bond acceptors (Lipinski definition) is 5. The summed E-state index contributed by atoms with van der Waals surface area (Å²) in [4.78, 5) is 16.1. The summed E-state index contributed by atoms with van der Waals surface area (Å²) < 4.78 is 40.0. The normalized spacial score (nSPS) is 24.2. The molecular formula is C16H19F3N4OS. The Balaban J connectivity index is 1.71. The third-order valence-corrected chi connectivity index (χ3v) is 6.04. The van der Waals surface area contributed by atoms with E-state index in [-0.39, 0.29) is 33.8 Å². The molecule has 3 rings (SSSR count). The predicted octanol–water partition coefficient (Wildman–Crippen LogP) is 4.00. The summed E-state index contributed by atoms with van der Waals surface area (Å²) >= 11 is 0.953. The van der Waals surface area contributed by atoms with E-state index < -0.39 is 11.9 Å². The second-order valence-corrected chi connectivity index (χ2v) is 7.71. The number of anilines is 1. The largest absolute Gasteiger partial charge is 0.434 e. The average Bonchev–Trinajstić information content (AvgIpc) is 2.95. The summed E-state index contributed by atoms with van der Waals surface area (Å²) in [5.41, 5.74) is -0.850. The maximum atomic E-state index is 13.3. The second kappa shape index (κ2) is 7.20. The fourth-order valence-corrected chi connectivity index (χ4v) is 4.64. The Bertz CT molecular complexity index is 670. The van der Waals surface area contributed by atoms with E-state index in [0.29, 0.717) is 12.8 Å². The Kier molecular flexibility index (Phi) is 5.18. The van der Waals surface area contributed by atoms with Crippen LogP contribution in [0.25, 0.3) is 0 Å². The molecule has 1 aromatic rings. The summed E-state index contributed by atoms with van der Waals surface area (Å²) in [5, 5.41) is 13.6. The van der Waals surface area contributed by atoms with Crippen molar-refractivity contribution in [1.82, 2.24) is 10.3 Å². The standard InChI is InChI=1S/C16H19F3N4OS/c17-16(18,19)13-12(9-4-2-1-3-5-9)25-15(22-13)23-14(24)10-6-11(7-10)21-8-20/h9-11,21H,1-7H2,(H,22,23,24). The van der Waals surface area contributed by atoms with E-state index in [1.54, 1.807) is 0 Å². The molecule has 9 heteroatoms. The fourth-order valence-electron chi connectivity index (χ4n) is 3.48. The van der Waals surface area contributed by atoms with Crippen LogP contribution in [0.1, 0.15) is 61.4 Å².